The van der Waals surface area contributed by atoms with Gasteiger partial charge in [-0.15, -0.1) is 11.3 Å². The van der Waals surface area contributed by atoms with Crippen molar-refractivity contribution in [2.45, 2.75) is 6.92 Å². The maximum absolute atomic E-state index is 14.2. The van der Waals surface area contributed by atoms with Gasteiger partial charge in [-0.1, -0.05) is 12.1 Å². The molecule has 4 rings (SSSR count). The molecular weight excluding hydrogens is 429 g/mol. The van der Waals surface area contributed by atoms with Crippen molar-refractivity contribution in [3.8, 4) is 16.9 Å². The summed E-state index contributed by atoms with van der Waals surface area (Å²) in [6.45, 7) is 1.57. The minimum absolute atomic E-state index is 0.0870. The molecular formula is C21H13F3N4O2S. The van der Waals surface area contributed by atoms with Crippen LogP contribution in [0.1, 0.15) is 16.2 Å². The quantitative estimate of drug-likeness (QED) is 0.510. The minimum Gasteiger partial charge on any atom is -0.296 e. The lowest BCUT2D eigenvalue weighted by molar-refractivity contribution is 0.101. The number of carbonyl (C=O) groups is 1. The number of rotatable bonds is 4. The van der Waals surface area contributed by atoms with E-state index in [1.807, 2.05) is 0 Å². The number of amides is 1. The van der Waals surface area contributed by atoms with Crippen molar-refractivity contribution in [1.29, 1.82) is 0 Å². The topological polar surface area (TPSA) is 76.9 Å². The average Bonchev–Trinajstić information content (AvgIpc) is 3.19. The zero-order valence-electron chi connectivity index (χ0n) is 15.9. The fourth-order valence-electron chi connectivity index (χ4n) is 2.85. The molecule has 31 heavy (non-hydrogen) atoms. The summed E-state index contributed by atoms with van der Waals surface area (Å²) in [6, 6.07) is 10.3. The van der Waals surface area contributed by atoms with Gasteiger partial charge in [-0.05, 0) is 37.3 Å². The van der Waals surface area contributed by atoms with E-state index in [2.05, 4.69) is 15.4 Å². The van der Waals surface area contributed by atoms with Crippen LogP contribution in [0.4, 0.5) is 18.3 Å². The second-order valence-corrected chi connectivity index (χ2v) is 7.34. The lowest BCUT2D eigenvalue weighted by Crippen LogP contribution is -2.27. The van der Waals surface area contributed by atoms with Crippen molar-refractivity contribution in [3.63, 3.8) is 0 Å². The highest BCUT2D eigenvalue weighted by Gasteiger charge is 2.18. The molecule has 2 heterocycles. The smallest absolute Gasteiger partial charge is 0.281 e. The third kappa shape index (κ3) is 4.10. The van der Waals surface area contributed by atoms with Crippen molar-refractivity contribution in [2.75, 3.05) is 5.32 Å². The SMILES string of the molecule is Cc1cc(=O)c(C(=O)Nc2nc(-c3ccc(F)c(F)c3)cs2)nn1-c1ccccc1F. The monoisotopic (exact) mass is 442 g/mol. The number of anilines is 1. The van der Waals surface area contributed by atoms with Gasteiger partial charge < -0.3 is 0 Å². The number of para-hydroxylation sites is 1. The predicted octanol–water partition coefficient (Wildman–Crippen LogP) is 4.33. The molecule has 2 aromatic carbocycles. The van der Waals surface area contributed by atoms with Gasteiger partial charge in [0.15, 0.2) is 22.5 Å². The molecule has 0 saturated heterocycles. The number of nitrogens with zero attached hydrogens (tertiary/aromatic N) is 3. The summed E-state index contributed by atoms with van der Waals surface area (Å²) < 4.78 is 41.9. The molecule has 2 aromatic heterocycles. The highest BCUT2D eigenvalue weighted by molar-refractivity contribution is 7.14. The Morgan fingerprint density at radius 2 is 1.81 bits per heavy atom. The minimum atomic E-state index is -1.02. The molecule has 0 bridgehead atoms. The molecule has 1 amide bonds. The maximum atomic E-state index is 14.2. The first kappa shape index (κ1) is 20.5. The van der Waals surface area contributed by atoms with Crippen LogP contribution in [0.15, 0.2) is 58.7 Å². The maximum Gasteiger partial charge on any atom is 0.281 e. The van der Waals surface area contributed by atoms with E-state index in [1.165, 1.54) is 35.0 Å². The van der Waals surface area contributed by atoms with E-state index in [1.54, 1.807) is 18.4 Å². The van der Waals surface area contributed by atoms with E-state index in [0.717, 1.165) is 23.5 Å². The highest BCUT2D eigenvalue weighted by Crippen LogP contribution is 2.26. The summed E-state index contributed by atoms with van der Waals surface area (Å²) in [5.41, 5.74) is -0.00491. The average molecular weight is 442 g/mol. The van der Waals surface area contributed by atoms with Crippen LogP contribution in [0.3, 0.4) is 0 Å². The van der Waals surface area contributed by atoms with Crippen molar-refractivity contribution in [3.05, 3.63) is 93.0 Å². The fraction of sp³-hybridized carbons (Fsp3) is 0.0476. The summed E-state index contributed by atoms with van der Waals surface area (Å²) in [5.74, 6) is -3.40. The van der Waals surface area contributed by atoms with Gasteiger partial charge in [-0.3, -0.25) is 14.9 Å². The lowest BCUT2D eigenvalue weighted by atomic mass is 10.2. The molecule has 0 radical (unpaired) electrons. The van der Waals surface area contributed by atoms with Crippen molar-refractivity contribution in [1.82, 2.24) is 14.8 Å². The normalized spacial score (nSPS) is 10.8. The van der Waals surface area contributed by atoms with E-state index in [9.17, 15) is 22.8 Å². The van der Waals surface area contributed by atoms with Gasteiger partial charge in [0, 0.05) is 22.7 Å². The first-order valence-electron chi connectivity index (χ1n) is 8.91. The number of aryl methyl sites for hydroxylation is 1. The van der Waals surface area contributed by atoms with Crippen LogP contribution >= 0.6 is 11.3 Å². The third-order valence-electron chi connectivity index (χ3n) is 4.34. The van der Waals surface area contributed by atoms with Gasteiger partial charge >= 0.3 is 0 Å². The zero-order valence-corrected chi connectivity index (χ0v) is 16.7. The Kier molecular flexibility index (Phi) is 5.38. The molecule has 6 nitrogen and oxygen atoms in total. The molecule has 0 aliphatic carbocycles. The Hall–Kier alpha value is -3.79. The van der Waals surface area contributed by atoms with Gasteiger partial charge in [0.25, 0.3) is 5.91 Å². The van der Waals surface area contributed by atoms with Gasteiger partial charge in [0.05, 0.1) is 5.69 Å². The van der Waals surface area contributed by atoms with Crippen LogP contribution in [-0.4, -0.2) is 20.7 Å². The summed E-state index contributed by atoms with van der Waals surface area (Å²) in [6.07, 6.45) is 0. The van der Waals surface area contributed by atoms with Crippen LogP contribution in [0.25, 0.3) is 16.9 Å². The standard InChI is InChI=1S/C21H13F3N4O2S/c1-11-8-18(29)19(27-28(11)17-5-3-2-4-14(17)23)20(30)26-21-25-16(10-31-21)12-6-7-13(22)15(24)9-12/h2-10H,1H3,(H,25,26,30). The Morgan fingerprint density at radius 3 is 2.55 bits per heavy atom. The number of halogens is 3. The van der Waals surface area contributed by atoms with E-state index < -0.39 is 34.5 Å². The summed E-state index contributed by atoms with van der Waals surface area (Å²) in [5, 5.41) is 8.15. The van der Waals surface area contributed by atoms with Gasteiger partial charge in [0.2, 0.25) is 5.43 Å². The second kappa shape index (κ2) is 8.15. The number of benzene rings is 2. The summed E-state index contributed by atoms with van der Waals surface area (Å²) in [4.78, 5) is 29.1. The van der Waals surface area contributed by atoms with Crippen LogP contribution < -0.4 is 10.7 Å². The summed E-state index contributed by atoms with van der Waals surface area (Å²) in [7, 11) is 0. The predicted molar refractivity (Wildman–Crippen MR) is 110 cm³/mol. The second-order valence-electron chi connectivity index (χ2n) is 6.48. The fourth-order valence-corrected chi connectivity index (χ4v) is 3.56. The molecule has 0 unspecified atom stereocenters. The molecule has 1 N–H and O–H groups in total. The van der Waals surface area contributed by atoms with Crippen LogP contribution in [0.5, 0.6) is 0 Å². The molecule has 0 aliphatic rings. The Bertz CT molecular complexity index is 1370. The molecule has 156 valence electrons. The molecule has 0 saturated carbocycles. The number of aromatic nitrogens is 3. The molecule has 0 atom stereocenters. The van der Waals surface area contributed by atoms with E-state index in [4.69, 9.17) is 0 Å². The van der Waals surface area contributed by atoms with Crippen molar-refractivity contribution >= 4 is 22.4 Å². The van der Waals surface area contributed by atoms with Crippen molar-refractivity contribution in [2.24, 2.45) is 0 Å². The van der Waals surface area contributed by atoms with Crippen molar-refractivity contribution < 1.29 is 18.0 Å². The van der Waals surface area contributed by atoms with Gasteiger partial charge in [0.1, 0.15) is 11.5 Å². The Morgan fingerprint density at radius 1 is 1.03 bits per heavy atom. The molecule has 10 heteroatoms. The van der Waals surface area contributed by atoms with E-state index in [0.29, 0.717) is 17.0 Å². The number of carbonyl (C=O) groups excluding carboxylic acids is 1. The van der Waals surface area contributed by atoms with E-state index in [-0.39, 0.29) is 10.8 Å². The Labute approximate surface area is 177 Å². The number of hydrogen-bond acceptors (Lipinski definition) is 5. The molecule has 0 spiro atoms. The zero-order chi connectivity index (χ0) is 22.1. The molecule has 0 fully saturated rings. The van der Waals surface area contributed by atoms with Gasteiger partial charge in [-0.25, -0.2) is 22.8 Å². The Balaban J connectivity index is 1.63. The van der Waals surface area contributed by atoms with Crippen LogP contribution in [0, 0.1) is 24.4 Å². The highest BCUT2D eigenvalue weighted by atomic mass is 32.1. The van der Waals surface area contributed by atoms with Crippen LogP contribution in [-0.2, 0) is 0 Å². The lowest BCUT2D eigenvalue weighted by Gasteiger charge is -2.11. The number of thiazole rings is 1. The van der Waals surface area contributed by atoms with Gasteiger partial charge in [-0.2, -0.15) is 5.10 Å². The largest absolute Gasteiger partial charge is 0.296 e. The third-order valence-corrected chi connectivity index (χ3v) is 5.10. The number of hydrogen-bond donors (Lipinski definition) is 1. The molecule has 0 aliphatic heterocycles. The van der Waals surface area contributed by atoms with E-state index >= 15 is 0 Å². The number of nitrogens with one attached hydrogen (secondary N) is 1. The van der Waals surface area contributed by atoms with Crippen LogP contribution in [0.2, 0.25) is 0 Å². The molecule has 4 aromatic rings. The summed E-state index contributed by atoms with van der Waals surface area (Å²) >= 11 is 1.03. The first-order chi connectivity index (χ1) is 14.8. The first-order valence-corrected chi connectivity index (χ1v) is 9.79.